The first-order valence-electron chi connectivity index (χ1n) is 15.3. The molecule has 0 saturated carbocycles. The second kappa shape index (κ2) is 14.0. The van der Waals surface area contributed by atoms with E-state index in [1.165, 1.54) is 29.6 Å². The number of carbonyl (C=O) groups excluding carboxylic acids is 2. The number of fused-ring (bicyclic) bond motifs is 2. The largest absolute Gasteiger partial charge is 0.492 e. The van der Waals surface area contributed by atoms with Crippen LogP contribution in [0.3, 0.4) is 0 Å². The highest BCUT2D eigenvalue weighted by Crippen LogP contribution is 2.35. The fourth-order valence-electron chi connectivity index (χ4n) is 5.90. The van der Waals surface area contributed by atoms with Gasteiger partial charge < -0.3 is 19.7 Å². The summed E-state index contributed by atoms with van der Waals surface area (Å²) in [7, 11) is 1.37. The molecule has 6 rings (SSSR count). The van der Waals surface area contributed by atoms with Gasteiger partial charge in [0.15, 0.2) is 5.78 Å². The van der Waals surface area contributed by atoms with Crippen molar-refractivity contribution >= 4 is 28.8 Å². The van der Waals surface area contributed by atoms with E-state index in [2.05, 4.69) is 58.7 Å². The van der Waals surface area contributed by atoms with Crippen LogP contribution in [0, 0.1) is 0 Å². The lowest BCUT2D eigenvalue weighted by Crippen LogP contribution is -2.33. The molecule has 1 aliphatic heterocycles. The molecule has 6 heteroatoms. The number of carbonyl (C=O) groups is 2. The molecular formula is C39H36N2O4. The summed E-state index contributed by atoms with van der Waals surface area (Å²) in [5.74, 6) is 0.239. The van der Waals surface area contributed by atoms with Gasteiger partial charge in [-0.1, -0.05) is 91.0 Å². The predicted molar refractivity (Wildman–Crippen MR) is 179 cm³/mol. The second-order valence-corrected chi connectivity index (χ2v) is 11.1. The molecule has 1 atom stereocenters. The molecule has 0 amide bonds. The molecule has 1 N–H and O–H groups in total. The van der Waals surface area contributed by atoms with Crippen molar-refractivity contribution in [3.8, 4) is 5.75 Å². The summed E-state index contributed by atoms with van der Waals surface area (Å²) in [6, 6.07) is 40.6. The molecule has 0 spiro atoms. The molecular weight excluding hydrogens is 560 g/mol. The number of esters is 1. The number of anilines is 3. The highest BCUT2D eigenvalue weighted by atomic mass is 16.5. The molecule has 226 valence electrons. The van der Waals surface area contributed by atoms with Gasteiger partial charge in [0.2, 0.25) is 0 Å². The van der Waals surface area contributed by atoms with Crippen LogP contribution < -0.4 is 15.0 Å². The molecule has 5 aromatic rings. The molecule has 0 unspecified atom stereocenters. The van der Waals surface area contributed by atoms with Gasteiger partial charge in [-0.25, -0.2) is 4.79 Å². The van der Waals surface area contributed by atoms with E-state index in [0.29, 0.717) is 36.4 Å². The Morgan fingerprint density at radius 1 is 0.733 bits per heavy atom. The van der Waals surface area contributed by atoms with Crippen molar-refractivity contribution in [1.82, 2.24) is 0 Å². The van der Waals surface area contributed by atoms with Crippen molar-refractivity contribution in [3.05, 3.63) is 155 Å². The second-order valence-electron chi connectivity index (χ2n) is 11.1. The number of nitrogens with zero attached hydrogens (tertiary/aromatic N) is 1. The minimum atomic E-state index is -0.685. The summed E-state index contributed by atoms with van der Waals surface area (Å²) >= 11 is 0. The highest BCUT2D eigenvalue weighted by Gasteiger charge is 2.23. The molecule has 0 radical (unpaired) electrons. The fraction of sp³-hybridized carbons (Fsp3) is 0.179. The van der Waals surface area contributed by atoms with E-state index in [0.717, 1.165) is 24.2 Å². The maximum absolute atomic E-state index is 13.2. The maximum atomic E-state index is 13.2. The lowest BCUT2D eigenvalue weighted by atomic mass is 10.00. The van der Waals surface area contributed by atoms with Gasteiger partial charge in [-0.2, -0.15) is 0 Å². The van der Waals surface area contributed by atoms with Gasteiger partial charge in [0.05, 0.1) is 13.7 Å². The predicted octanol–water partition coefficient (Wildman–Crippen LogP) is 7.43. The monoisotopic (exact) mass is 596 g/mol. The fourth-order valence-corrected chi connectivity index (χ4v) is 5.90. The number of benzene rings is 5. The Kier molecular flexibility index (Phi) is 9.21. The number of aryl methyl sites for hydroxylation is 2. The Balaban J connectivity index is 1.12. The van der Waals surface area contributed by atoms with Crippen molar-refractivity contribution in [2.24, 2.45) is 0 Å². The third kappa shape index (κ3) is 6.91. The molecule has 1 heterocycles. The summed E-state index contributed by atoms with van der Waals surface area (Å²) in [4.78, 5) is 28.4. The van der Waals surface area contributed by atoms with Crippen molar-refractivity contribution < 1.29 is 19.1 Å². The van der Waals surface area contributed by atoms with Crippen molar-refractivity contribution in [2.75, 3.05) is 30.5 Å². The lowest BCUT2D eigenvalue weighted by Gasteiger charge is -2.27. The van der Waals surface area contributed by atoms with Crippen molar-refractivity contribution in [2.45, 2.75) is 25.3 Å². The standard InChI is InChI=1S/C39H36N2O4/c1-44-39(43)35(40-34-16-8-7-15-33(34)38(42)31-13-3-2-4-14-31)27-28-19-23-32(24-20-28)45-26-25-41-36-17-9-5-11-29(36)21-22-30-12-6-10-18-37(30)41/h2-20,23-24,35,40H,21-22,25-27H2,1H3/t35-/m0/s1. The quantitative estimate of drug-likeness (QED) is 0.126. The minimum absolute atomic E-state index is 0.115. The van der Waals surface area contributed by atoms with Gasteiger partial charge in [0, 0.05) is 34.6 Å². The summed E-state index contributed by atoms with van der Waals surface area (Å²) in [5, 5.41) is 3.27. The number of nitrogens with one attached hydrogen (secondary N) is 1. The van der Waals surface area contributed by atoms with Crippen LogP contribution in [0.1, 0.15) is 32.6 Å². The van der Waals surface area contributed by atoms with Crippen LogP contribution in [-0.2, 0) is 28.8 Å². The number of hydrogen-bond donors (Lipinski definition) is 1. The number of ketones is 1. The number of methoxy groups -OCH3 is 1. The van der Waals surface area contributed by atoms with Crippen molar-refractivity contribution in [3.63, 3.8) is 0 Å². The Morgan fingerprint density at radius 3 is 2.00 bits per heavy atom. The molecule has 0 saturated heterocycles. The number of para-hydroxylation sites is 3. The minimum Gasteiger partial charge on any atom is -0.492 e. The van der Waals surface area contributed by atoms with Crippen LogP contribution in [0.15, 0.2) is 127 Å². The topological polar surface area (TPSA) is 67.9 Å². The van der Waals surface area contributed by atoms with Crippen LogP contribution in [0.25, 0.3) is 0 Å². The van der Waals surface area contributed by atoms with Gasteiger partial charge in [-0.3, -0.25) is 4.79 Å². The molecule has 0 aliphatic carbocycles. The zero-order chi connectivity index (χ0) is 31.0. The first kappa shape index (κ1) is 29.7. The third-order valence-corrected chi connectivity index (χ3v) is 8.20. The lowest BCUT2D eigenvalue weighted by molar-refractivity contribution is -0.141. The number of rotatable bonds is 11. The van der Waals surface area contributed by atoms with Crippen LogP contribution >= 0.6 is 0 Å². The van der Waals surface area contributed by atoms with Gasteiger partial charge in [-0.05, 0) is 65.9 Å². The Labute approximate surface area is 264 Å². The van der Waals surface area contributed by atoms with Crippen LogP contribution in [-0.4, -0.2) is 38.1 Å². The van der Waals surface area contributed by atoms with Gasteiger partial charge in [-0.15, -0.1) is 0 Å². The van der Waals surface area contributed by atoms with E-state index in [4.69, 9.17) is 9.47 Å². The Morgan fingerprint density at radius 2 is 1.33 bits per heavy atom. The highest BCUT2D eigenvalue weighted by molar-refractivity contribution is 6.12. The average Bonchev–Trinajstić information content (AvgIpc) is 3.25. The van der Waals surface area contributed by atoms with Crippen LogP contribution in [0.5, 0.6) is 5.75 Å². The normalized spacial score (nSPS) is 12.7. The summed E-state index contributed by atoms with van der Waals surface area (Å²) in [5.41, 5.74) is 7.76. The van der Waals surface area contributed by atoms with Crippen LogP contribution in [0.4, 0.5) is 17.1 Å². The molecule has 0 bridgehead atoms. The summed E-state index contributed by atoms with van der Waals surface area (Å²) in [6.45, 7) is 1.23. The average molecular weight is 597 g/mol. The third-order valence-electron chi connectivity index (χ3n) is 8.20. The van der Waals surface area contributed by atoms with E-state index < -0.39 is 12.0 Å². The van der Waals surface area contributed by atoms with Gasteiger partial charge in [0.25, 0.3) is 0 Å². The Bertz CT molecular complexity index is 1720. The zero-order valence-electron chi connectivity index (χ0n) is 25.3. The van der Waals surface area contributed by atoms with Gasteiger partial charge in [0.1, 0.15) is 18.4 Å². The number of hydrogen-bond acceptors (Lipinski definition) is 6. The number of ether oxygens (including phenoxy) is 2. The first-order valence-corrected chi connectivity index (χ1v) is 15.3. The van der Waals surface area contributed by atoms with E-state index in [1.54, 1.807) is 18.2 Å². The van der Waals surface area contributed by atoms with E-state index in [1.807, 2.05) is 60.7 Å². The molecule has 6 nitrogen and oxygen atoms in total. The molecule has 1 aliphatic rings. The SMILES string of the molecule is COC(=O)[C@H](Cc1ccc(OCCN2c3ccccc3CCc3ccccc32)cc1)Nc1ccccc1C(=O)c1ccccc1. The molecule has 45 heavy (non-hydrogen) atoms. The van der Waals surface area contributed by atoms with Gasteiger partial charge >= 0.3 is 5.97 Å². The molecule has 5 aromatic carbocycles. The Hall–Kier alpha value is -5.36. The van der Waals surface area contributed by atoms with E-state index in [9.17, 15) is 9.59 Å². The van der Waals surface area contributed by atoms with E-state index >= 15 is 0 Å². The smallest absolute Gasteiger partial charge is 0.328 e. The zero-order valence-corrected chi connectivity index (χ0v) is 25.3. The summed E-state index contributed by atoms with van der Waals surface area (Å²) < 4.78 is 11.3. The molecule has 0 fully saturated rings. The van der Waals surface area contributed by atoms with Crippen LogP contribution in [0.2, 0.25) is 0 Å². The first-order chi connectivity index (χ1) is 22.1. The molecule has 0 aromatic heterocycles. The maximum Gasteiger partial charge on any atom is 0.328 e. The van der Waals surface area contributed by atoms with Crippen molar-refractivity contribution in [1.29, 1.82) is 0 Å². The summed E-state index contributed by atoms with van der Waals surface area (Å²) in [6.07, 6.45) is 2.41. The van der Waals surface area contributed by atoms with E-state index in [-0.39, 0.29) is 5.78 Å².